The Labute approximate surface area is 175 Å². The van der Waals surface area contributed by atoms with E-state index in [1.54, 1.807) is 36.4 Å². The maximum Gasteiger partial charge on any atom is 0.258 e. The molecule has 30 heavy (non-hydrogen) atoms. The minimum atomic E-state index is -0.338. The van der Waals surface area contributed by atoms with Crippen molar-refractivity contribution in [3.05, 3.63) is 101 Å². The highest BCUT2D eigenvalue weighted by atomic mass is 16.2. The lowest BCUT2D eigenvalue weighted by Gasteiger charge is -2.23. The van der Waals surface area contributed by atoms with Gasteiger partial charge in [-0.2, -0.15) is 0 Å². The van der Waals surface area contributed by atoms with Gasteiger partial charge in [0.1, 0.15) is 12.4 Å². The Kier molecular flexibility index (Phi) is 6.60. The van der Waals surface area contributed by atoms with E-state index in [9.17, 15) is 9.59 Å². The molecule has 0 atom stereocenters. The number of nitrogens with zero attached hydrogens (tertiary/aromatic N) is 1. The average molecular weight is 400 g/mol. The summed E-state index contributed by atoms with van der Waals surface area (Å²) in [6, 6.07) is 23.5. The molecule has 152 valence electrons. The number of aryl methyl sites for hydroxylation is 1. The molecule has 0 spiro atoms. The molecule has 3 rings (SSSR count). The summed E-state index contributed by atoms with van der Waals surface area (Å²) >= 11 is 0. The van der Waals surface area contributed by atoms with Gasteiger partial charge in [-0.05, 0) is 36.8 Å². The molecule has 0 saturated carbocycles. The lowest BCUT2D eigenvalue weighted by atomic mass is 10.1. The fraction of sp³-hybridized carbons (Fsp3) is 0.125. The van der Waals surface area contributed by atoms with Crippen LogP contribution in [0.15, 0.2) is 78.9 Å². The van der Waals surface area contributed by atoms with Gasteiger partial charge in [0.25, 0.3) is 5.91 Å². The number of carbonyl (C=O) groups excluding carboxylic acids is 2. The van der Waals surface area contributed by atoms with E-state index in [1.165, 1.54) is 4.90 Å². The zero-order chi connectivity index (χ0) is 21.5. The first-order valence-electron chi connectivity index (χ1n) is 9.57. The summed E-state index contributed by atoms with van der Waals surface area (Å²) < 4.78 is 0. The molecular weight excluding hydrogens is 376 g/mol. The maximum absolute atomic E-state index is 13.2. The molecule has 0 heterocycles. The molecule has 2 amide bonds. The van der Waals surface area contributed by atoms with Crippen LogP contribution in [0.1, 0.15) is 27.0 Å². The second-order valence-electron chi connectivity index (χ2n) is 6.98. The topological polar surface area (TPSA) is 99.3 Å². The van der Waals surface area contributed by atoms with Crippen molar-refractivity contribution in [2.45, 2.75) is 13.5 Å². The van der Waals surface area contributed by atoms with Crippen LogP contribution < -0.4 is 16.0 Å². The van der Waals surface area contributed by atoms with E-state index in [0.717, 1.165) is 11.1 Å². The minimum absolute atomic E-state index is 0.119. The first-order valence-corrected chi connectivity index (χ1v) is 9.57. The fourth-order valence-corrected chi connectivity index (χ4v) is 2.97. The summed E-state index contributed by atoms with van der Waals surface area (Å²) in [5, 5.41) is 10.5. The van der Waals surface area contributed by atoms with Gasteiger partial charge < -0.3 is 11.1 Å². The van der Waals surface area contributed by atoms with Crippen LogP contribution in [-0.4, -0.2) is 24.2 Å². The Hall–Kier alpha value is -3.93. The summed E-state index contributed by atoms with van der Waals surface area (Å²) in [5.74, 6) is -0.725. The molecule has 0 bridgehead atoms. The molecule has 0 aliphatic heterocycles. The maximum atomic E-state index is 13.2. The van der Waals surface area contributed by atoms with Gasteiger partial charge in [0.05, 0.1) is 0 Å². The molecule has 0 aliphatic rings. The van der Waals surface area contributed by atoms with E-state index >= 15 is 0 Å². The van der Waals surface area contributed by atoms with Crippen molar-refractivity contribution in [1.29, 1.82) is 5.41 Å². The van der Waals surface area contributed by atoms with Crippen molar-refractivity contribution in [3.63, 3.8) is 0 Å². The summed E-state index contributed by atoms with van der Waals surface area (Å²) in [4.78, 5) is 27.2. The zero-order valence-electron chi connectivity index (χ0n) is 16.8. The van der Waals surface area contributed by atoms with Crippen molar-refractivity contribution < 1.29 is 9.59 Å². The lowest BCUT2D eigenvalue weighted by Crippen LogP contribution is -2.40. The van der Waals surface area contributed by atoms with Crippen molar-refractivity contribution in [2.24, 2.45) is 5.73 Å². The van der Waals surface area contributed by atoms with Gasteiger partial charge in [-0.25, -0.2) is 0 Å². The summed E-state index contributed by atoms with van der Waals surface area (Å²) in [5.41, 5.74) is 9.12. The molecule has 0 aliphatic carbocycles. The Morgan fingerprint density at radius 3 is 2.27 bits per heavy atom. The molecule has 4 N–H and O–H groups in total. The van der Waals surface area contributed by atoms with Crippen LogP contribution in [0.5, 0.6) is 0 Å². The van der Waals surface area contributed by atoms with Crippen LogP contribution in [0.25, 0.3) is 0 Å². The van der Waals surface area contributed by atoms with Gasteiger partial charge in [0.15, 0.2) is 0 Å². The molecule has 6 nitrogen and oxygen atoms in total. The molecule has 3 aromatic rings. The zero-order valence-corrected chi connectivity index (χ0v) is 16.8. The molecular formula is C24H24N4O2. The highest BCUT2D eigenvalue weighted by molar-refractivity contribution is 6.10. The number of nitrogens with two attached hydrogens (primary N) is 1. The van der Waals surface area contributed by atoms with Crippen LogP contribution in [0.4, 0.5) is 5.69 Å². The fourth-order valence-electron chi connectivity index (χ4n) is 2.97. The van der Waals surface area contributed by atoms with Crippen molar-refractivity contribution in [2.75, 3.05) is 11.4 Å². The number of amidine groups is 1. The molecule has 0 saturated heterocycles. The first-order chi connectivity index (χ1) is 14.4. The Balaban J connectivity index is 1.78. The van der Waals surface area contributed by atoms with E-state index in [1.807, 2.05) is 49.4 Å². The van der Waals surface area contributed by atoms with Gasteiger partial charge in [-0.1, -0.05) is 60.2 Å². The number of benzene rings is 3. The lowest BCUT2D eigenvalue weighted by molar-refractivity contribution is -0.119. The number of nitrogens with one attached hydrogen (secondary N) is 2. The third-order valence-corrected chi connectivity index (χ3v) is 4.65. The summed E-state index contributed by atoms with van der Waals surface area (Å²) in [6.45, 7) is 2.27. The highest BCUT2D eigenvalue weighted by Crippen LogP contribution is 2.17. The number of anilines is 1. The standard InChI is InChI=1S/C24H24N4O2/c1-17-10-12-18(13-11-17)15-27-22(29)16-28(21-8-3-2-4-9-21)24(30)20-7-5-6-19(14-20)23(25)26/h2-14H,15-16H2,1H3,(H3,25,26)(H,27,29). The van der Waals surface area contributed by atoms with Crippen LogP contribution in [-0.2, 0) is 11.3 Å². The van der Waals surface area contributed by atoms with Gasteiger partial charge in [-0.15, -0.1) is 0 Å². The van der Waals surface area contributed by atoms with E-state index in [4.69, 9.17) is 11.1 Å². The predicted octanol–water partition coefficient (Wildman–Crippen LogP) is 3.24. The number of carbonyl (C=O) groups is 2. The third-order valence-electron chi connectivity index (χ3n) is 4.65. The Morgan fingerprint density at radius 2 is 1.60 bits per heavy atom. The van der Waals surface area contributed by atoms with Crippen LogP contribution in [0.3, 0.4) is 0 Å². The third kappa shape index (κ3) is 5.32. The highest BCUT2D eigenvalue weighted by Gasteiger charge is 2.21. The number of amides is 2. The van der Waals surface area contributed by atoms with E-state index in [0.29, 0.717) is 23.4 Å². The number of hydrogen-bond acceptors (Lipinski definition) is 3. The summed E-state index contributed by atoms with van der Waals surface area (Å²) in [7, 11) is 0. The van der Waals surface area contributed by atoms with Crippen LogP contribution >= 0.6 is 0 Å². The Morgan fingerprint density at radius 1 is 0.933 bits per heavy atom. The Bertz CT molecular complexity index is 1050. The van der Waals surface area contributed by atoms with E-state index in [-0.39, 0.29) is 24.2 Å². The van der Waals surface area contributed by atoms with Crippen molar-refractivity contribution in [3.8, 4) is 0 Å². The van der Waals surface area contributed by atoms with Gasteiger partial charge in [0, 0.05) is 23.4 Å². The normalized spacial score (nSPS) is 10.3. The molecule has 3 aromatic carbocycles. The van der Waals surface area contributed by atoms with Gasteiger partial charge in [0.2, 0.25) is 5.91 Å². The minimum Gasteiger partial charge on any atom is -0.384 e. The van der Waals surface area contributed by atoms with Gasteiger partial charge >= 0.3 is 0 Å². The average Bonchev–Trinajstić information content (AvgIpc) is 2.77. The van der Waals surface area contributed by atoms with E-state index in [2.05, 4.69) is 5.32 Å². The molecule has 0 unspecified atom stereocenters. The molecule has 0 radical (unpaired) electrons. The molecule has 0 aromatic heterocycles. The smallest absolute Gasteiger partial charge is 0.258 e. The van der Waals surface area contributed by atoms with Crippen LogP contribution in [0.2, 0.25) is 0 Å². The molecule has 0 fully saturated rings. The number of nitrogen functional groups attached to an aromatic ring is 1. The second-order valence-corrected chi connectivity index (χ2v) is 6.98. The van der Waals surface area contributed by atoms with Crippen LogP contribution in [0, 0.1) is 12.3 Å². The van der Waals surface area contributed by atoms with Crippen molar-refractivity contribution in [1.82, 2.24) is 5.32 Å². The second kappa shape index (κ2) is 9.52. The summed E-state index contributed by atoms with van der Waals surface area (Å²) in [6.07, 6.45) is 0. The first kappa shape index (κ1) is 20.8. The SMILES string of the molecule is Cc1ccc(CNC(=O)CN(C(=O)c2cccc(C(=N)N)c2)c2ccccc2)cc1. The quantitative estimate of drug-likeness (QED) is 0.419. The van der Waals surface area contributed by atoms with Gasteiger partial charge in [-0.3, -0.25) is 19.9 Å². The molecule has 6 heteroatoms. The van der Waals surface area contributed by atoms with E-state index < -0.39 is 0 Å². The predicted molar refractivity (Wildman–Crippen MR) is 119 cm³/mol. The largest absolute Gasteiger partial charge is 0.384 e. The number of para-hydroxylation sites is 1. The van der Waals surface area contributed by atoms with Crippen molar-refractivity contribution >= 4 is 23.3 Å². The monoisotopic (exact) mass is 400 g/mol. The number of rotatable bonds is 7. The number of hydrogen-bond donors (Lipinski definition) is 3.